The van der Waals surface area contributed by atoms with Gasteiger partial charge in [0.2, 0.25) is 0 Å². The van der Waals surface area contributed by atoms with Crippen LogP contribution in [-0.2, 0) is 6.42 Å². The van der Waals surface area contributed by atoms with Crippen molar-refractivity contribution in [3.63, 3.8) is 0 Å². The van der Waals surface area contributed by atoms with Crippen molar-refractivity contribution in [2.45, 2.75) is 42.7 Å². The van der Waals surface area contributed by atoms with Crippen LogP contribution in [0, 0.1) is 26.2 Å². The number of rotatable bonds is 9. The Morgan fingerprint density at radius 2 is 1.69 bits per heavy atom. The van der Waals surface area contributed by atoms with Gasteiger partial charge in [-0.3, -0.25) is 0 Å². The van der Waals surface area contributed by atoms with Crippen molar-refractivity contribution >= 4 is 34.4 Å². The smallest absolute Gasteiger partial charge is 0.0991 e. The molecule has 0 fully saturated rings. The highest BCUT2D eigenvalue weighted by Crippen LogP contribution is 2.29. The molecule has 1 unspecified atom stereocenters. The molecule has 0 aliphatic carbocycles. The van der Waals surface area contributed by atoms with Crippen LogP contribution >= 0.6 is 34.4 Å². The lowest BCUT2D eigenvalue weighted by Crippen LogP contribution is -2.36. The Morgan fingerprint density at radius 1 is 0.969 bits per heavy atom. The van der Waals surface area contributed by atoms with Gasteiger partial charge in [0.25, 0.3) is 0 Å². The molecule has 1 N–H and O–H groups in total. The molecule has 0 saturated carbocycles. The van der Waals surface area contributed by atoms with E-state index < -0.39 is 0 Å². The van der Waals surface area contributed by atoms with Gasteiger partial charge in [-0.1, -0.05) is 36.4 Å². The van der Waals surface area contributed by atoms with Gasteiger partial charge < -0.3 is 5.32 Å². The summed E-state index contributed by atoms with van der Waals surface area (Å²) in [7, 11) is 0. The summed E-state index contributed by atoms with van der Waals surface area (Å²) in [5, 5.41) is 22.6. The van der Waals surface area contributed by atoms with E-state index in [9.17, 15) is 10.5 Å². The first-order valence-electron chi connectivity index (χ1n) is 10.6. The third kappa shape index (κ3) is 6.59. The third-order valence-electron chi connectivity index (χ3n) is 5.69. The van der Waals surface area contributed by atoms with Crippen LogP contribution in [0.1, 0.15) is 47.6 Å². The second-order valence-corrected chi connectivity index (χ2v) is 9.94. The van der Waals surface area contributed by atoms with Gasteiger partial charge >= 0.3 is 0 Å². The third-order valence-corrected chi connectivity index (χ3v) is 7.16. The van der Waals surface area contributed by atoms with E-state index in [2.05, 4.69) is 108 Å². The van der Waals surface area contributed by atoms with Crippen LogP contribution in [0.2, 0.25) is 0 Å². The Bertz CT molecular complexity index is 1100. The summed E-state index contributed by atoms with van der Waals surface area (Å²) in [5.74, 6) is 0.162. The summed E-state index contributed by atoms with van der Waals surface area (Å²) in [6.07, 6.45) is 3.31. The van der Waals surface area contributed by atoms with Crippen molar-refractivity contribution in [2.24, 2.45) is 0 Å². The first-order chi connectivity index (χ1) is 15.5. The van der Waals surface area contributed by atoms with Gasteiger partial charge in [0.1, 0.15) is 0 Å². The highest BCUT2D eigenvalue weighted by Gasteiger charge is 2.24. The molecule has 0 spiro atoms. The Hall–Kier alpha value is -2.32. The number of nitrogens with zero attached hydrogens (tertiary/aromatic N) is 2. The maximum atomic E-state index is 9.47. The average Bonchev–Trinajstić information content (AvgIpc) is 2.83. The second kappa shape index (κ2) is 12.1. The molecule has 0 saturated heterocycles. The molecule has 0 aliphatic rings. The van der Waals surface area contributed by atoms with Crippen molar-refractivity contribution in [2.75, 3.05) is 6.26 Å². The largest absolute Gasteiger partial charge is 0.306 e. The average molecular weight is 551 g/mol. The van der Waals surface area contributed by atoms with Crippen LogP contribution in [0.4, 0.5) is 0 Å². The summed E-state index contributed by atoms with van der Waals surface area (Å²) >= 11 is 4.03. The fourth-order valence-corrected chi connectivity index (χ4v) is 4.70. The lowest BCUT2D eigenvalue weighted by molar-refractivity contribution is 0.401. The zero-order valence-corrected chi connectivity index (χ0v) is 21.2. The van der Waals surface area contributed by atoms with Crippen LogP contribution in [-0.4, -0.2) is 12.3 Å². The molecular formula is C27H26IN3S. The van der Waals surface area contributed by atoms with E-state index in [1.165, 1.54) is 14.0 Å². The monoisotopic (exact) mass is 551 g/mol. The van der Waals surface area contributed by atoms with Crippen molar-refractivity contribution in [3.8, 4) is 12.1 Å². The number of thioether (sulfide) groups is 1. The number of nitrogens with one attached hydrogen (secondary N) is 1. The zero-order valence-electron chi connectivity index (χ0n) is 18.3. The van der Waals surface area contributed by atoms with E-state index in [4.69, 9.17) is 0 Å². The van der Waals surface area contributed by atoms with E-state index in [-0.39, 0.29) is 18.0 Å². The summed E-state index contributed by atoms with van der Waals surface area (Å²) in [6.45, 7) is 2.18. The van der Waals surface area contributed by atoms with Crippen LogP contribution in [0.3, 0.4) is 0 Å². The SMILES string of the molecule is CSc1ccc(C(CC#N)N[C@@H](C)[C@@H](Cc2ccc(I)cc2)c2cccc(C#N)c2)cc1. The maximum Gasteiger partial charge on any atom is 0.0991 e. The highest BCUT2D eigenvalue weighted by atomic mass is 127. The zero-order chi connectivity index (χ0) is 22.9. The van der Waals surface area contributed by atoms with Gasteiger partial charge in [-0.15, -0.1) is 11.8 Å². The maximum absolute atomic E-state index is 9.47. The van der Waals surface area contributed by atoms with Gasteiger partial charge in [-0.05, 0) is 95.3 Å². The van der Waals surface area contributed by atoms with Crippen molar-refractivity contribution in [1.82, 2.24) is 5.32 Å². The summed E-state index contributed by atoms with van der Waals surface area (Å²) in [6, 6.07) is 29.6. The van der Waals surface area contributed by atoms with E-state index in [1.807, 2.05) is 18.2 Å². The predicted octanol–water partition coefficient (Wildman–Crippen LogP) is 6.84. The fraction of sp³-hybridized carbons (Fsp3) is 0.259. The lowest BCUT2D eigenvalue weighted by atomic mass is 9.85. The van der Waals surface area contributed by atoms with Crippen LogP contribution < -0.4 is 5.32 Å². The minimum absolute atomic E-state index is 0.0516. The molecule has 3 nitrogen and oxygen atoms in total. The van der Waals surface area contributed by atoms with E-state index in [1.54, 1.807) is 11.8 Å². The first kappa shape index (κ1) is 24.3. The molecule has 162 valence electrons. The lowest BCUT2D eigenvalue weighted by Gasteiger charge is -2.30. The second-order valence-electron chi connectivity index (χ2n) is 7.82. The van der Waals surface area contributed by atoms with E-state index >= 15 is 0 Å². The molecule has 0 radical (unpaired) electrons. The van der Waals surface area contributed by atoms with E-state index in [0.29, 0.717) is 12.0 Å². The summed E-state index contributed by atoms with van der Waals surface area (Å²) in [4.78, 5) is 1.21. The summed E-state index contributed by atoms with van der Waals surface area (Å²) < 4.78 is 1.21. The molecule has 3 atom stereocenters. The molecule has 3 aromatic carbocycles. The van der Waals surface area contributed by atoms with Crippen molar-refractivity contribution < 1.29 is 0 Å². The molecule has 5 heteroatoms. The molecule has 0 aliphatic heterocycles. The highest BCUT2D eigenvalue weighted by molar-refractivity contribution is 14.1. The van der Waals surface area contributed by atoms with Crippen molar-refractivity contribution in [1.29, 1.82) is 10.5 Å². The Kier molecular flexibility index (Phi) is 9.17. The van der Waals surface area contributed by atoms with Crippen LogP contribution in [0.5, 0.6) is 0 Å². The van der Waals surface area contributed by atoms with Gasteiger partial charge in [0.15, 0.2) is 0 Å². The topological polar surface area (TPSA) is 59.6 Å². The molecule has 0 heterocycles. The van der Waals surface area contributed by atoms with Gasteiger partial charge in [-0.25, -0.2) is 0 Å². The Balaban J connectivity index is 1.89. The van der Waals surface area contributed by atoms with Gasteiger partial charge in [-0.2, -0.15) is 10.5 Å². The standard InChI is InChI=1S/C27H26IN3S/c1-19(31-27(14-15-29)22-8-12-25(32-2)13-9-22)26(17-20-6-10-24(28)11-7-20)23-5-3-4-21(16-23)18-30/h3-13,16,19,26-27,31H,14,17H2,1-2H3/t19-,26+,27?/m0/s1. The van der Waals surface area contributed by atoms with E-state index in [0.717, 1.165) is 17.5 Å². The number of hydrogen-bond donors (Lipinski definition) is 1. The fourth-order valence-electron chi connectivity index (χ4n) is 3.93. The minimum Gasteiger partial charge on any atom is -0.306 e. The Labute approximate surface area is 209 Å². The quantitative estimate of drug-likeness (QED) is 0.234. The van der Waals surface area contributed by atoms with Gasteiger partial charge in [0, 0.05) is 26.5 Å². The molecular weight excluding hydrogens is 525 g/mol. The molecule has 0 amide bonds. The summed E-state index contributed by atoms with van der Waals surface area (Å²) in [5.41, 5.74) is 4.18. The normalized spacial score (nSPS) is 13.5. The molecule has 3 aromatic rings. The predicted molar refractivity (Wildman–Crippen MR) is 141 cm³/mol. The number of hydrogen-bond acceptors (Lipinski definition) is 4. The van der Waals surface area contributed by atoms with Gasteiger partial charge in [0.05, 0.1) is 24.1 Å². The number of nitriles is 2. The molecule has 32 heavy (non-hydrogen) atoms. The number of benzene rings is 3. The molecule has 0 aromatic heterocycles. The Morgan fingerprint density at radius 3 is 2.31 bits per heavy atom. The van der Waals surface area contributed by atoms with Crippen LogP contribution in [0.15, 0.2) is 77.7 Å². The first-order valence-corrected chi connectivity index (χ1v) is 12.9. The molecule has 3 rings (SSSR count). The van der Waals surface area contributed by atoms with Crippen LogP contribution in [0.25, 0.3) is 0 Å². The van der Waals surface area contributed by atoms with Crippen molar-refractivity contribution in [3.05, 3.63) is 98.6 Å². The molecule has 0 bridgehead atoms. The minimum atomic E-state index is -0.0516. The number of halogens is 1.